The molecule has 0 amide bonds. The molecule has 0 heterocycles. The summed E-state index contributed by atoms with van der Waals surface area (Å²) >= 11 is 0. The van der Waals surface area contributed by atoms with E-state index in [1.807, 2.05) is 30.3 Å². The Kier molecular flexibility index (Phi) is 5.37. The third kappa shape index (κ3) is 4.12. The number of halogens is 1. The summed E-state index contributed by atoms with van der Waals surface area (Å²) in [7, 11) is 0. The van der Waals surface area contributed by atoms with Crippen LogP contribution in [0.1, 0.15) is 25.3 Å². The Morgan fingerprint density at radius 3 is 2.00 bits per heavy atom. The van der Waals surface area contributed by atoms with E-state index in [4.69, 9.17) is 9.47 Å². The SMILES string of the molecule is C=C(C)C(=O)OC1(OC(=O)C(=C)C)C=CC(c2ccccc2)C=C1F. The van der Waals surface area contributed by atoms with E-state index in [0.29, 0.717) is 0 Å². The lowest BCUT2D eigenvalue weighted by molar-refractivity contribution is -0.200. The number of carbonyl (C=O) groups excluding carboxylic acids is 2. The Hall–Kier alpha value is -2.95. The third-order valence-corrected chi connectivity index (χ3v) is 3.55. The maximum Gasteiger partial charge on any atom is 0.336 e. The minimum atomic E-state index is -2.25. The van der Waals surface area contributed by atoms with Crippen molar-refractivity contribution in [3.63, 3.8) is 0 Å². The zero-order valence-electron chi connectivity index (χ0n) is 14.1. The summed E-state index contributed by atoms with van der Waals surface area (Å²) in [6.45, 7) is 9.74. The summed E-state index contributed by atoms with van der Waals surface area (Å²) in [6.07, 6.45) is 4.07. The molecular weight excluding hydrogens is 323 g/mol. The molecule has 5 heteroatoms. The van der Waals surface area contributed by atoms with Gasteiger partial charge in [0.1, 0.15) is 0 Å². The van der Waals surface area contributed by atoms with Gasteiger partial charge in [0.25, 0.3) is 0 Å². The van der Waals surface area contributed by atoms with Gasteiger partial charge in [-0.05, 0) is 25.5 Å². The van der Waals surface area contributed by atoms with E-state index in [9.17, 15) is 14.0 Å². The van der Waals surface area contributed by atoms with Crippen molar-refractivity contribution in [3.05, 3.63) is 84.3 Å². The average Bonchev–Trinajstić information content (AvgIpc) is 2.57. The lowest BCUT2D eigenvalue weighted by Crippen LogP contribution is -2.41. The van der Waals surface area contributed by atoms with Crippen LogP contribution in [0.2, 0.25) is 0 Å². The minimum Gasteiger partial charge on any atom is -0.409 e. The monoisotopic (exact) mass is 342 g/mol. The van der Waals surface area contributed by atoms with Crippen molar-refractivity contribution in [1.29, 1.82) is 0 Å². The maximum absolute atomic E-state index is 14.9. The molecule has 25 heavy (non-hydrogen) atoms. The van der Waals surface area contributed by atoms with E-state index in [-0.39, 0.29) is 17.1 Å². The summed E-state index contributed by atoms with van der Waals surface area (Å²) < 4.78 is 25.1. The summed E-state index contributed by atoms with van der Waals surface area (Å²) in [4.78, 5) is 23.8. The largest absolute Gasteiger partial charge is 0.409 e. The Bertz CT molecular complexity index is 746. The van der Waals surface area contributed by atoms with Crippen LogP contribution < -0.4 is 0 Å². The van der Waals surface area contributed by atoms with Gasteiger partial charge in [0.15, 0.2) is 5.83 Å². The van der Waals surface area contributed by atoms with Gasteiger partial charge < -0.3 is 9.47 Å². The molecule has 130 valence electrons. The molecule has 1 atom stereocenters. The third-order valence-electron chi connectivity index (χ3n) is 3.55. The van der Waals surface area contributed by atoms with E-state index in [1.165, 1.54) is 26.0 Å². The van der Waals surface area contributed by atoms with Crippen LogP contribution in [0.3, 0.4) is 0 Å². The molecule has 4 nitrogen and oxygen atoms in total. The number of benzene rings is 1. The predicted octanol–water partition coefficient (Wildman–Crippen LogP) is 4.13. The molecule has 0 spiro atoms. The van der Waals surface area contributed by atoms with Crippen molar-refractivity contribution < 1.29 is 23.5 Å². The molecule has 0 aromatic heterocycles. The van der Waals surface area contributed by atoms with Crippen LogP contribution in [0.15, 0.2) is 78.7 Å². The first-order valence-electron chi connectivity index (χ1n) is 7.65. The van der Waals surface area contributed by atoms with Crippen molar-refractivity contribution >= 4 is 11.9 Å². The number of esters is 2. The molecule has 0 N–H and O–H groups in total. The summed E-state index contributed by atoms with van der Waals surface area (Å²) in [5, 5.41) is 0. The zero-order valence-corrected chi connectivity index (χ0v) is 14.1. The second-order valence-corrected chi connectivity index (χ2v) is 5.82. The lowest BCUT2D eigenvalue weighted by atomic mass is 9.92. The number of carbonyl (C=O) groups is 2. The van der Waals surface area contributed by atoms with E-state index in [0.717, 1.165) is 5.56 Å². The van der Waals surface area contributed by atoms with Crippen LogP contribution in [0.25, 0.3) is 0 Å². The molecule has 0 saturated carbocycles. The first kappa shape index (κ1) is 18.4. The van der Waals surface area contributed by atoms with Gasteiger partial charge in [0.05, 0.1) is 0 Å². The Balaban J connectivity index is 2.38. The Morgan fingerprint density at radius 2 is 1.56 bits per heavy atom. The molecule has 0 radical (unpaired) electrons. The van der Waals surface area contributed by atoms with E-state index in [1.54, 1.807) is 6.08 Å². The van der Waals surface area contributed by atoms with Gasteiger partial charge in [-0.15, -0.1) is 0 Å². The van der Waals surface area contributed by atoms with Crippen LogP contribution in [0.5, 0.6) is 0 Å². The molecule has 0 saturated heterocycles. The molecule has 0 fully saturated rings. The number of allylic oxidation sites excluding steroid dienone is 2. The van der Waals surface area contributed by atoms with E-state index in [2.05, 4.69) is 13.2 Å². The fourth-order valence-electron chi connectivity index (χ4n) is 2.16. The smallest absolute Gasteiger partial charge is 0.336 e. The van der Waals surface area contributed by atoms with Gasteiger partial charge >= 0.3 is 17.7 Å². The molecule has 0 aliphatic heterocycles. The van der Waals surface area contributed by atoms with Gasteiger partial charge in [-0.3, -0.25) is 0 Å². The Labute approximate surface area is 145 Å². The standard InChI is InChI=1S/C20H19FO4/c1-13(2)18(22)24-20(25-19(23)14(3)4)11-10-16(12-17(20)21)15-8-6-5-7-9-15/h5-12,16H,1,3H2,2,4H3. The van der Waals surface area contributed by atoms with E-state index < -0.39 is 23.6 Å². The molecule has 2 rings (SSSR count). The zero-order chi connectivity index (χ0) is 18.6. The number of rotatable bonds is 5. The van der Waals surface area contributed by atoms with Gasteiger partial charge in [0, 0.05) is 23.1 Å². The van der Waals surface area contributed by atoms with Crippen molar-refractivity contribution in [2.45, 2.75) is 25.6 Å². The second kappa shape index (κ2) is 7.30. The highest BCUT2D eigenvalue weighted by Crippen LogP contribution is 2.37. The van der Waals surface area contributed by atoms with Crippen molar-refractivity contribution in [1.82, 2.24) is 0 Å². The number of hydrogen-bond acceptors (Lipinski definition) is 4. The summed E-state index contributed by atoms with van der Waals surface area (Å²) in [5.74, 6) is -5.27. The van der Waals surface area contributed by atoms with Gasteiger partial charge in [-0.25, -0.2) is 14.0 Å². The quantitative estimate of drug-likeness (QED) is 0.349. The topological polar surface area (TPSA) is 52.6 Å². The summed E-state index contributed by atoms with van der Waals surface area (Å²) in [5.41, 5.74) is 0.953. The van der Waals surface area contributed by atoms with Gasteiger partial charge in [-0.1, -0.05) is 49.6 Å². The van der Waals surface area contributed by atoms with E-state index >= 15 is 0 Å². The molecular formula is C20H19FO4. The number of hydrogen-bond donors (Lipinski definition) is 0. The highest BCUT2D eigenvalue weighted by atomic mass is 19.1. The summed E-state index contributed by atoms with van der Waals surface area (Å²) in [6, 6.07) is 9.19. The molecule has 0 bridgehead atoms. The number of ether oxygens (including phenoxy) is 2. The highest BCUT2D eigenvalue weighted by molar-refractivity contribution is 5.89. The van der Waals surface area contributed by atoms with Crippen molar-refractivity contribution in [2.24, 2.45) is 0 Å². The molecule has 1 aromatic carbocycles. The van der Waals surface area contributed by atoms with Crippen LogP contribution in [-0.4, -0.2) is 17.7 Å². The van der Waals surface area contributed by atoms with Crippen LogP contribution in [-0.2, 0) is 19.1 Å². The Morgan fingerprint density at radius 1 is 1.04 bits per heavy atom. The van der Waals surface area contributed by atoms with Gasteiger partial charge in [-0.2, -0.15) is 0 Å². The van der Waals surface area contributed by atoms with Crippen LogP contribution in [0.4, 0.5) is 4.39 Å². The predicted molar refractivity (Wildman–Crippen MR) is 92.1 cm³/mol. The van der Waals surface area contributed by atoms with Crippen molar-refractivity contribution in [2.75, 3.05) is 0 Å². The molecule has 1 aliphatic rings. The fourth-order valence-corrected chi connectivity index (χ4v) is 2.16. The lowest BCUT2D eigenvalue weighted by Gasteiger charge is -2.32. The molecule has 1 aromatic rings. The maximum atomic E-state index is 14.9. The fraction of sp³-hybridized carbons (Fsp3) is 0.200. The first-order chi connectivity index (χ1) is 11.7. The first-order valence-corrected chi connectivity index (χ1v) is 7.65. The minimum absolute atomic E-state index is 0.0529. The van der Waals surface area contributed by atoms with Crippen LogP contribution in [0, 0.1) is 0 Å². The second-order valence-electron chi connectivity index (χ2n) is 5.82. The highest BCUT2D eigenvalue weighted by Gasteiger charge is 2.44. The average molecular weight is 342 g/mol. The van der Waals surface area contributed by atoms with Crippen LogP contribution >= 0.6 is 0 Å². The van der Waals surface area contributed by atoms with Gasteiger partial charge in [0.2, 0.25) is 0 Å². The molecule has 1 unspecified atom stereocenters. The van der Waals surface area contributed by atoms with Crippen molar-refractivity contribution in [3.8, 4) is 0 Å². The molecule has 1 aliphatic carbocycles. The normalized spacial score (nSPS) is 18.0.